The van der Waals surface area contributed by atoms with Crippen molar-refractivity contribution >= 4 is 11.6 Å². The third kappa shape index (κ3) is 3.35. The van der Waals surface area contributed by atoms with Crippen molar-refractivity contribution in [2.24, 2.45) is 5.92 Å². The van der Waals surface area contributed by atoms with E-state index in [1.165, 1.54) is 12.1 Å². The summed E-state index contributed by atoms with van der Waals surface area (Å²) >= 11 is 5.76. The largest absolute Gasteiger partial charge is 0.394 e. The summed E-state index contributed by atoms with van der Waals surface area (Å²) in [6.45, 7) is 4.17. The van der Waals surface area contributed by atoms with E-state index in [-0.39, 0.29) is 17.7 Å². The molecule has 1 aromatic heterocycles. The fraction of sp³-hybridized carbons (Fsp3) is 0.429. The van der Waals surface area contributed by atoms with E-state index in [1.54, 1.807) is 16.9 Å². The first-order valence-corrected chi connectivity index (χ1v) is 6.87. The van der Waals surface area contributed by atoms with Crippen LogP contribution in [0.5, 0.6) is 0 Å². The van der Waals surface area contributed by atoms with E-state index < -0.39 is 5.82 Å². The van der Waals surface area contributed by atoms with Gasteiger partial charge in [-0.3, -0.25) is 0 Å². The Morgan fingerprint density at radius 2 is 2.15 bits per heavy atom. The molecule has 4 nitrogen and oxygen atoms in total. The Hall–Kier alpha value is -1.46. The highest BCUT2D eigenvalue weighted by molar-refractivity contribution is 6.31. The normalized spacial score (nSPS) is 12.9. The Kier molecular flexibility index (Phi) is 4.73. The van der Waals surface area contributed by atoms with E-state index in [9.17, 15) is 9.50 Å². The maximum absolute atomic E-state index is 13.1. The van der Waals surface area contributed by atoms with Gasteiger partial charge in [0.15, 0.2) is 0 Å². The molecule has 2 rings (SSSR count). The second-order valence-electron chi connectivity index (χ2n) is 5.18. The maximum Gasteiger partial charge on any atom is 0.141 e. The number of hydrogen-bond acceptors (Lipinski definition) is 3. The van der Waals surface area contributed by atoms with Gasteiger partial charge in [0.1, 0.15) is 11.5 Å². The van der Waals surface area contributed by atoms with Gasteiger partial charge in [0.2, 0.25) is 0 Å². The number of halogens is 2. The van der Waals surface area contributed by atoms with Gasteiger partial charge in [0.25, 0.3) is 0 Å². The molecule has 0 fully saturated rings. The molecule has 0 aliphatic carbocycles. The molecule has 6 heteroatoms. The molecule has 0 amide bonds. The summed E-state index contributed by atoms with van der Waals surface area (Å²) in [5, 5.41) is 17.6. The fourth-order valence-corrected chi connectivity index (χ4v) is 2.23. The van der Waals surface area contributed by atoms with Crippen LogP contribution < -0.4 is 0 Å². The van der Waals surface area contributed by atoms with Crippen LogP contribution in [0.1, 0.15) is 26.3 Å². The number of benzene rings is 1. The molecule has 0 aliphatic heterocycles. The summed E-state index contributed by atoms with van der Waals surface area (Å²) in [7, 11) is 0. The van der Waals surface area contributed by atoms with Crippen molar-refractivity contribution in [1.29, 1.82) is 0 Å². The fourth-order valence-electron chi connectivity index (χ4n) is 2.05. The van der Waals surface area contributed by atoms with Crippen LogP contribution in [0.25, 0.3) is 11.3 Å². The molecule has 0 spiro atoms. The Morgan fingerprint density at radius 1 is 1.40 bits per heavy atom. The first kappa shape index (κ1) is 14.9. The minimum atomic E-state index is -0.462. The van der Waals surface area contributed by atoms with Gasteiger partial charge in [-0.05, 0) is 30.5 Å². The average Bonchev–Trinajstić information content (AvgIpc) is 2.88. The lowest BCUT2D eigenvalue weighted by atomic mass is 10.0. The zero-order valence-corrected chi connectivity index (χ0v) is 12.2. The molecule has 1 atom stereocenters. The number of aromatic nitrogens is 3. The van der Waals surface area contributed by atoms with Crippen molar-refractivity contribution in [2.75, 3.05) is 6.61 Å². The van der Waals surface area contributed by atoms with Crippen molar-refractivity contribution in [3.05, 3.63) is 35.2 Å². The first-order valence-electron chi connectivity index (χ1n) is 6.49. The highest BCUT2D eigenvalue weighted by Crippen LogP contribution is 2.24. The van der Waals surface area contributed by atoms with Crippen LogP contribution >= 0.6 is 11.6 Å². The topological polar surface area (TPSA) is 50.9 Å². The predicted molar refractivity (Wildman–Crippen MR) is 76.0 cm³/mol. The van der Waals surface area contributed by atoms with E-state index in [2.05, 4.69) is 24.2 Å². The van der Waals surface area contributed by atoms with Crippen LogP contribution in [0, 0.1) is 11.7 Å². The molecule has 1 aromatic carbocycles. The predicted octanol–water partition coefficient (Wildman–Crippen LogP) is 3.32. The molecule has 2 aromatic rings. The van der Waals surface area contributed by atoms with Crippen LogP contribution in [0.15, 0.2) is 24.4 Å². The number of aliphatic hydroxyl groups is 1. The molecule has 1 N–H and O–H groups in total. The standard InChI is InChI=1S/C14H17ClFN3O/c1-9(2)5-11(8-20)19-7-14(17-18-19)10-3-4-13(16)12(15)6-10/h3-4,6-7,9,11,20H,5,8H2,1-2H3/t11-/m0/s1. The molecule has 20 heavy (non-hydrogen) atoms. The van der Waals surface area contributed by atoms with Gasteiger partial charge in [-0.1, -0.05) is 30.7 Å². The average molecular weight is 298 g/mol. The van der Waals surface area contributed by atoms with E-state index in [0.29, 0.717) is 17.2 Å². The quantitative estimate of drug-likeness (QED) is 0.921. The van der Waals surface area contributed by atoms with Gasteiger partial charge < -0.3 is 5.11 Å². The van der Waals surface area contributed by atoms with Crippen LogP contribution in [-0.4, -0.2) is 26.7 Å². The SMILES string of the molecule is CC(C)C[C@@H](CO)n1cc(-c2ccc(F)c(Cl)c2)nn1. The van der Waals surface area contributed by atoms with Gasteiger partial charge in [0, 0.05) is 5.56 Å². The number of rotatable bonds is 5. The monoisotopic (exact) mass is 297 g/mol. The summed E-state index contributed by atoms with van der Waals surface area (Å²) in [6.07, 6.45) is 2.55. The molecule has 1 heterocycles. The third-order valence-corrected chi connectivity index (χ3v) is 3.34. The number of nitrogens with zero attached hydrogens (tertiary/aromatic N) is 3. The summed E-state index contributed by atoms with van der Waals surface area (Å²) < 4.78 is 14.8. The zero-order valence-electron chi connectivity index (χ0n) is 11.4. The molecular formula is C14H17ClFN3O. The summed E-state index contributed by atoms with van der Waals surface area (Å²) in [5.74, 6) is -0.0177. The Balaban J connectivity index is 2.25. The first-order chi connectivity index (χ1) is 9.51. The molecule has 108 valence electrons. The van der Waals surface area contributed by atoms with Gasteiger partial charge in [-0.25, -0.2) is 9.07 Å². The van der Waals surface area contributed by atoms with E-state index >= 15 is 0 Å². The van der Waals surface area contributed by atoms with Gasteiger partial charge in [-0.2, -0.15) is 0 Å². The minimum Gasteiger partial charge on any atom is -0.394 e. The van der Waals surface area contributed by atoms with Gasteiger partial charge >= 0.3 is 0 Å². The van der Waals surface area contributed by atoms with Gasteiger partial charge in [0.05, 0.1) is 23.9 Å². The van der Waals surface area contributed by atoms with Crippen LogP contribution in [0.3, 0.4) is 0 Å². The molecular weight excluding hydrogens is 281 g/mol. The Morgan fingerprint density at radius 3 is 2.75 bits per heavy atom. The summed E-state index contributed by atoms with van der Waals surface area (Å²) in [5.41, 5.74) is 1.30. The van der Waals surface area contributed by atoms with Gasteiger partial charge in [-0.15, -0.1) is 5.10 Å². The van der Waals surface area contributed by atoms with Crippen LogP contribution in [0.4, 0.5) is 4.39 Å². The van der Waals surface area contributed by atoms with Crippen molar-refractivity contribution in [3.8, 4) is 11.3 Å². The maximum atomic E-state index is 13.1. The van der Waals surface area contributed by atoms with Crippen molar-refractivity contribution in [1.82, 2.24) is 15.0 Å². The lowest BCUT2D eigenvalue weighted by molar-refractivity contribution is 0.196. The van der Waals surface area contributed by atoms with Crippen molar-refractivity contribution < 1.29 is 9.50 Å². The Labute approximate surface area is 122 Å². The van der Waals surface area contributed by atoms with E-state index in [4.69, 9.17) is 11.6 Å². The lowest BCUT2D eigenvalue weighted by Gasteiger charge is -2.15. The minimum absolute atomic E-state index is 0.00511. The highest BCUT2D eigenvalue weighted by atomic mass is 35.5. The molecule has 0 unspecified atom stereocenters. The third-order valence-electron chi connectivity index (χ3n) is 3.05. The van der Waals surface area contributed by atoms with Crippen molar-refractivity contribution in [3.63, 3.8) is 0 Å². The number of hydrogen-bond donors (Lipinski definition) is 1. The lowest BCUT2D eigenvalue weighted by Crippen LogP contribution is -2.16. The second-order valence-corrected chi connectivity index (χ2v) is 5.59. The molecule has 0 aliphatic rings. The molecule has 0 radical (unpaired) electrons. The van der Waals surface area contributed by atoms with Crippen LogP contribution in [0.2, 0.25) is 5.02 Å². The van der Waals surface area contributed by atoms with E-state index in [1.807, 2.05) is 0 Å². The highest BCUT2D eigenvalue weighted by Gasteiger charge is 2.15. The molecule has 0 bridgehead atoms. The Bertz CT molecular complexity index is 586. The van der Waals surface area contributed by atoms with Crippen LogP contribution in [-0.2, 0) is 0 Å². The molecule has 0 saturated heterocycles. The second kappa shape index (κ2) is 6.33. The smallest absolute Gasteiger partial charge is 0.141 e. The molecule has 0 saturated carbocycles. The summed E-state index contributed by atoms with van der Waals surface area (Å²) in [6, 6.07) is 4.31. The number of aliphatic hydroxyl groups excluding tert-OH is 1. The van der Waals surface area contributed by atoms with E-state index in [0.717, 1.165) is 6.42 Å². The van der Waals surface area contributed by atoms with Crippen molar-refractivity contribution in [2.45, 2.75) is 26.3 Å². The summed E-state index contributed by atoms with van der Waals surface area (Å²) in [4.78, 5) is 0. The zero-order chi connectivity index (χ0) is 14.7.